The van der Waals surface area contributed by atoms with E-state index in [1.807, 2.05) is 22.8 Å². The second-order valence-electron chi connectivity index (χ2n) is 4.55. The number of aromatic nitrogens is 2. The Morgan fingerprint density at radius 1 is 1.42 bits per heavy atom. The van der Waals surface area contributed by atoms with Crippen LogP contribution in [0.3, 0.4) is 0 Å². The zero-order valence-electron chi connectivity index (χ0n) is 11.3. The Labute approximate surface area is 117 Å². The number of imidazole rings is 1. The highest BCUT2D eigenvalue weighted by Gasteiger charge is 2.09. The highest BCUT2D eigenvalue weighted by molar-refractivity contribution is 6.31. The molecule has 5 nitrogen and oxygen atoms in total. The van der Waals surface area contributed by atoms with E-state index in [-0.39, 0.29) is 0 Å². The maximum absolute atomic E-state index is 5.96. The molecule has 0 radical (unpaired) electrons. The molecule has 1 heterocycles. The Balaban J connectivity index is 2.10. The number of rotatable bonds is 6. The number of nitrogen functional groups attached to an aromatic ring is 1. The molecule has 2 N–H and O–H groups in total. The number of anilines is 1. The van der Waals surface area contributed by atoms with Gasteiger partial charge in [0.25, 0.3) is 0 Å². The SMILES string of the molecule is COCCN(C)CCn1c(N)nc2cc(Cl)ccc21. The van der Waals surface area contributed by atoms with E-state index < -0.39 is 0 Å². The third-order valence-electron chi connectivity index (χ3n) is 3.12. The lowest BCUT2D eigenvalue weighted by Crippen LogP contribution is -2.27. The summed E-state index contributed by atoms with van der Waals surface area (Å²) in [6.45, 7) is 3.31. The van der Waals surface area contributed by atoms with Gasteiger partial charge in [0.1, 0.15) is 0 Å². The number of likely N-dealkylation sites (N-methyl/N-ethyl adjacent to an activating group) is 1. The molecule has 0 saturated carbocycles. The van der Waals surface area contributed by atoms with E-state index in [0.717, 1.165) is 37.3 Å². The molecule has 2 rings (SSSR count). The van der Waals surface area contributed by atoms with Crippen LogP contribution in [0.25, 0.3) is 11.0 Å². The summed E-state index contributed by atoms with van der Waals surface area (Å²) >= 11 is 5.95. The molecule has 0 spiro atoms. The van der Waals surface area contributed by atoms with E-state index in [2.05, 4.69) is 16.9 Å². The fourth-order valence-electron chi connectivity index (χ4n) is 1.99. The molecule has 1 aromatic heterocycles. The van der Waals surface area contributed by atoms with Crippen LogP contribution in [-0.4, -0.2) is 48.3 Å². The van der Waals surface area contributed by atoms with Crippen molar-refractivity contribution in [2.75, 3.05) is 39.6 Å². The quantitative estimate of drug-likeness (QED) is 0.878. The number of ether oxygens (including phenoxy) is 1. The molecule has 104 valence electrons. The molecule has 0 atom stereocenters. The number of halogens is 1. The molecule has 0 aliphatic carbocycles. The van der Waals surface area contributed by atoms with Gasteiger partial charge in [-0.3, -0.25) is 0 Å². The van der Waals surface area contributed by atoms with Gasteiger partial charge >= 0.3 is 0 Å². The highest BCUT2D eigenvalue weighted by atomic mass is 35.5. The van der Waals surface area contributed by atoms with E-state index in [9.17, 15) is 0 Å². The summed E-state index contributed by atoms with van der Waals surface area (Å²) in [5.74, 6) is 0.525. The van der Waals surface area contributed by atoms with Crippen LogP contribution >= 0.6 is 11.6 Å². The molecule has 6 heteroatoms. The second-order valence-corrected chi connectivity index (χ2v) is 4.99. The molecular weight excluding hydrogens is 264 g/mol. The van der Waals surface area contributed by atoms with Gasteiger partial charge in [-0.2, -0.15) is 0 Å². The molecular formula is C13H19ClN4O. The second kappa shape index (κ2) is 6.23. The first-order valence-electron chi connectivity index (χ1n) is 6.20. The summed E-state index contributed by atoms with van der Waals surface area (Å²) < 4.78 is 7.07. The largest absolute Gasteiger partial charge is 0.383 e. The number of nitrogens with two attached hydrogens (primary N) is 1. The standard InChI is InChI=1S/C13H19ClN4O/c1-17(7-8-19-2)5-6-18-12-4-3-10(14)9-11(12)16-13(18)15/h3-4,9H,5-8H2,1-2H3,(H2,15,16). The van der Waals surface area contributed by atoms with Crippen molar-refractivity contribution in [3.8, 4) is 0 Å². The van der Waals surface area contributed by atoms with E-state index in [4.69, 9.17) is 22.1 Å². The summed E-state index contributed by atoms with van der Waals surface area (Å²) in [7, 11) is 3.77. The predicted molar refractivity (Wildman–Crippen MR) is 78.5 cm³/mol. The summed E-state index contributed by atoms with van der Waals surface area (Å²) in [6, 6.07) is 5.64. The zero-order chi connectivity index (χ0) is 13.8. The van der Waals surface area contributed by atoms with Gasteiger partial charge in [-0.15, -0.1) is 0 Å². The molecule has 0 fully saturated rings. The number of nitrogens with zero attached hydrogens (tertiary/aromatic N) is 3. The number of hydrogen-bond acceptors (Lipinski definition) is 4. The first-order chi connectivity index (χ1) is 9.11. The van der Waals surface area contributed by atoms with Gasteiger partial charge in [0.2, 0.25) is 5.95 Å². The van der Waals surface area contributed by atoms with Crippen molar-refractivity contribution in [2.24, 2.45) is 0 Å². The van der Waals surface area contributed by atoms with Gasteiger partial charge in [-0.25, -0.2) is 4.98 Å². The lowest BCUT2D eigenvalue weighted by molar-refractivity contribution is 0.159. The first kappa shape index (κ1) is 14.1. The van der Waals surface area contributed by atoms with E-state index in [0.29, 0.717) is 11.0 Å². The third kappa shape index (κ3) is 3.37. The Morgan fingerprint density at radius 3 is 2.95 bits per heavy atom. The van der Waals surface area contributed by atoms with Gasteiger partial charge < -0.3 is 19.9 Å². The van der Waals surface area contributed by atoms with Crippen LogP contribution in [0, 0.1) is 0 Å². The molecule has 19 heavy (non-hydrogen) atoms. The van der Waals surface area contributed by atoms with Crippen molar-refractivity contribution in [3.05, 3.63) is 23.2 Å². The Morgan fingerprint density at radius 2 is 2.21 bits per heavy atom. The van der Waals surface area contributed by atoms with Gasteiger partial charge in [0, 0.05) is 31.8 Å². The molecule has 1 aromatic carbocycles. The normalized spacial score (nSPS) is 11.6. The zero-order valence-corrected chi connectivity index (χ0v) is 12.0. The Hall–Kier alpha value is -1.30. The third-order valence-corrected chi connectivity index (χ3v) is 3.36. The molecule has 0 aliphatic heterocycles. The predicted octanol–water partition coefficient (Wildman–Crippen LogP) is 1.85. The molecule has 0 bridgehead atoms. The van der Waals surface area contributed by atoms with Gasteiger partial charge in [0.05, 0.1) is 17.6 Å². The van der Waals surface area contributed by atoms with Crippen molar-refractivity contribution in [1.29, 1.82) is 0 Å². The minimum absolute atomic E-state index is 0.525. The molecule has 2 aromatic rings. The van der Waals surface area contributed by atoms with E-state index in [1.54, 1.807) is 7.11 Å². The lowest BCUT2D eigenvalue weighted by atomic mass is 10.3. The molecule has 0 amide bonds. The summed E-state index contributed by atoms with van der Waals surface area (Å²) in [5.41, 5.74) is 7.81. The van der Waals surface area contributed by atoms with Gasteiger partial charge in [-0.1, -0.05) is 11.6 Å². The first-order valence-corrected chi connectivity index (χ1v) is 6.58. The Bertz CT molecular complexity index is 555. The minimum Gasteiger partial charge on any atom is -0.383 e. The number of fused-ring (bicyclic) bond motifs is 1. The summed E-state index contributed by atoms with van der Waals surface area (Å²) in [6.07, 6.45) is 0. The number of methoxy groups -OCH3 is 1. The van der Waals surface area contributed by atoms with Crippen LogP contribution in [0.4, 0.5) is 5.95 Å². The highest BCUT2D eigenvalue weighted by Crippen LogP contribution is 2.21. The summed E-state index contributed by atoms with van der Waals surface area (Å²) in [5, 5.41) is 0.675. The van der Waals surface area contributed by atoms with Crippen molar-refractivity contribution in [3.63, 3.8) is 0 Å². The van der Waals surface area contributed by atoms with E-state index in [1.165, 1.54) is 0 Å². The maximum atomic E-state index is 5.96. The fraction of sp³-hybridized carbons (Fsp3) is 0.462. The number of hydrogen-bond donors (Lipinski definition) is 1. The van der Waals surface area contributed by atoms with Crippen LogP contribution in [0.5, 0.6) is 0 Å². The van der Waals surface area contributed by atoms with Crippen molar-refractivity contribution < 1.29 is 4.74 Å². The monoisotopic (exact) mass is 282 g/mol. The summed E-state index contributed by atoms with van der Waals surface area (Å²) in [4.78, 5) is 6.53. The van der Waals surface area contributed by atoms with Crippen LogP contribution in [0.15, 0.2) is 18.2 Å². The van der Waals surface area contributed by atoms with Crippen molar-refractivity contribution in [1.82, 2.24) is 14.5 Å². The van der Waals surface area contributed by atoms with Crippen LogP contribution < -0.4 is 5.73 Å². The van der Waals surface area contributed by atoms with E-state index >= 15 is 0 Å². The Kier molecular flexibility index (Phi) is 4.63. The fourth-order valence-corrected chi connectivity index (χ4v) is 2.15. The topological polar surface area (TPSA) is 56.3 Å². The smallest absolute Gasteiger partial charge is 0.201 e. The average Bonchev–Trinajstić information content (AvgIpc) is 2.68. The van der Waals surface area contributed by atoms with Gasteiger partial charge in [-0.05, 0) is 25.2 Å². The van der Waals surface area contributed by atoms with Crippen LogP contribution in [0.1, 0.15) is 0 Å². The number of benzene rings is 1. The molecule has 0 saturated heterocycles. The van der Waals surface area contributed by atoms with Crippen molar-refractivity contribution >= 4 is 28.6 Å². The minimum atomic E-state index is 0.525. The maximum Gasteiger partial charge on any atom is 0.201 e. The molecule has 0 unspecified atom stereocenters. The van der Waals surface area contributed by atoms with Crippen LogP contribution in [0.2, 0.25) is 5.02 Å². The van der Waals surface area contributed by atoms with Crippen molar-refractivity contribution in [2.45, 2.75) is 6.54 Å². The van der Waals surface area contributed by atoms with Gasteiger partial charge in [0.15, 0.2) is 0 Å². The lowest BCUT2D eigenvalue weighted by Gasteiger charge is -2.16. The van der Waals surface area contributed by atoms with Crippen LogP contribution in [-0.2, 0) is 11.3 Å². The average molecular weight is 283 g/mol. The molecule has 0 aliphatic rings.